The van der Waals surface area contributed by atoms with Gasteiger partial charge in [-0.25, -0.2) is 0 Å². The summed E-state index contributed by atoms with van der Waals surface area (Å²) in [5.74, 6) is 0.484. The molecule has 0 radical (unpaired) electrons. The Morgan fingerprint density at radius 3 is 2.20 bits per heavy atom. The molecule has 8 nitrogen and oxygen atoms in total. The summed E-state index contributed by atoms with van der Waals surface area (Å²) >= 11 is 0. The number of likely N-dealkylation sites (tertiary alicyclic amines) is 1. The molecule has 2 saturated heterocycles. The van der Waals surface area contributed by atoms with Gasteiger partial charge in [-0.1, -0.05) is 39.0 Å². The van der Waals surface area contributed by atoms with Crippen LogP contribution < -0.4 is 15.0 Å². The molecule has 35 heavy (non-hydrogen) atoms. The van der Waals surface area contributed by atoms with Crippen LogP contribution in [0.3, 0.4) is 0 Å². The SMILES string of the molecule is COc1ccc(NC(=O)CN2CN(c3ccccc3)C3(CCN(C(=O)C(C)(C)C)CC3)C2=O)cc1. The lowest BCUT2D eigenvalue weighted by molar-refractivity contribution is -0.144. The summed E-state index contributed by atoms with van der Waals surface area (Å²) in [6.07, 6.45) is 1.05. The molecule has 2 aromatic rings. The van der Waals surface area contributed by atoms with Crippen LogP contribution in [0.25, 0.3) is 0 Å². The average Bonchev–Trinajstić information content (AvgIpc) is 3.10. The molecule has 0 aliphatic carbocycles. The number of hydrogen-bond donors (Lipinski definition) is 1. The maximum Gasteiger partial charge on any atom is 0.250 e. The first kappa shape index (κ1) is 24.6. The number of nitrogens with one attached hydrogen (secondary N) is 1. The standard InChI is InChI=1S/C27H34N4O4/c1-26(2,3)24(33)29-16-14-27(15-17-29)25(34)30(19-31(27)21-8-6-5-7-9-21)18-23(32)28-20-10-12-22(35-4)13-11-20/h5-13H,14-19H2,1-4H3,(H,28,32). The van der Waals surface area contributed by atoms with Gasteiger partial charge >= 0.3 is 0 Å². The van der Waals surface area contributed by atoms with Crippen molar-refractivity contribution >= 4 is 29.1 Å². The number of amides is 3. The van der Waals surface area contributed by atoms with Gasteiger partial charge in [0.05, 0.1) is 13.8 Å². The fourth-order valence-electron chi connectivity index (χ4n) is 4.92. The lowest BCUT2D eigenvalue weighted by Gasteiger charge is -2.44. The molecule has 1 N–H and O–H groups in total. The summed E-state index contributed by atoms with van der Waals surface area (Å²) in [6.45, 7) is 7.06. The fraction of sp³-hybridized carbons (Fsp3) is 0.444. The van der Waals surface area contributed by atoms with Crippen LogP contribution in [0.1, 0.15) is 33.6 Å². The summed E-state index contributed by atoms with van der Waals surface area (Å²) in [5.41, 5.74) is 0.353. The van der Waals surface area contributed by atoms with Gasteiger partial charge in [-0.2, -0.15) is 0 Å². The minimum absolute atomic E-state index is 0.0411. The molecule has 4 rings (SSSR count). The fourth-order valence-corrected chi connectivity index (χ4v) is 4.92. The van der Waals surface area contributed by atoms with Crippen LogP contribution in [0, 0.1) is 5.41 Å². The van der Waals surface area contributed by atoms with Gasteiger partial charge in [0, 0.05) is 29.9 Å². The van der Waals surface area contributed by atoms with E-state index >= 15 is 0 Å². The van der Waals surface area contributed by atoms with E-state index in [9.17, 15) is 14.4 Å². The molecule has 3 amide bonds. The normalized spacial score (nSPS) is 17.6. The maximum atomic E-state index is 13.8. The number of ether oxygens (including phenoxy) is 1. The van der Waals surface area contributed by atoms with E-state index in [4.69, 9.17) is 4.74 Å². The largest absolute Gasteiger partial charge is 0.497 e. The van der Waals surface area contributed by atoms with Crippen molar-refractivity contribution < 1.29 is 19.1 Å². The Hall–Kier alpha value is -3.55. The van der Waals surface area contributed by atoms with Crippen molar-refractivity contribution in [3.8, 4) is 5.75 Å². The number of benzene rings is 2. The molecule has 2 aliphatic heterocycles. The zero-order chi connectivity index (χ0) is 25.2. The molecular formula is C27H34N4O4. The van der Waals surface area contributed by atoms with Crippen LogP contribution in [-0.2, 0) is 14.4 Å². The number of carbonyl (C=O) groups excluding carboxylic acids is 3. The third-order valence-electron chi connectivity index (χ3n) is 6.81. The maximum absolute atomic E-state index is 13.8. The number of para-hydroxylation sites is 1. The van der Waals surface area contributed by atoms with Crippen LogP contribution in [0.5, 0.6) is 5.75 Å². The van der Waals surface area contributed by atoms with Crippen molar-refractivity contribution in [2.24, 2.45) is 5.41 Å². The van der Waals surface area contributed by atoms with E-state index in [0.717, 1.165) is 5.69 Å². The smallest absolute Gasteiger partial charge is 0.250 e. The van der Waals surface area contributed by atoms with Gasteiger partial charge in [0.2, 0.25) is 11.8 Å². The number of methoxy groups -OCH3 is 1. The lowest BCUT2D eigenvalue weighted by Crippen LogP contribution is -2.58. The van der Waals surface area contributed by atoms with Crippen molar-refractivity contribution in [2.45, 2.75) is 39.2 Å². The van der Waals surface area contributed by atoms with Gasteiger partial charge in [0.15, 0.2) is 0 Å². The van der Waals surface area contributed by atoms with E-state index in [1.165, 1.54) is 0 Å². The van der Waals surface area contributed by atoms with Crippen LogP contribution >= 0.6 is 0 Å². The summed E-state index contributed by atoms with van der Waals surface area (Å²) < 4.78 is 5.16. The summed E-state index contributed by atoms with van der Waals surface area (Å²) in [4.78, 5) is 45.0. The number of rotatable bonds is 5. The van der Waals surface area contributed by atoms with E-state index in [2.05, 4.69) is 10.2 Å². The van der Waals surface area contributed by atoms with E-state index < -0.39 is 11.0 Å². The van der Waals surface area contributed by atoms with Crippen molar-refractivity contribution in [1.29, 1.82) is 0 Å². The van der Waals surface area contributed by atoms with Gasteiger partial charge < -0.3 is 24.8 Å². The van der Waals surface area contributed by atoms with Gasteiger partial charge in [0.1, 0.15) is 17.8 Å². The van der Waals surface area contributed by atoms with Gasteiger partial charge in [-0.15, -0.1) is 0 Å². The van der Waals surface area contributed by atoms with E-state index in [0.29, 0.717) is 44.0 Å². The van der Waals surface area contributed by atoms with Crippen LogP contribution in [0.15, 0.2) is 54.6 Å². The summed E-state index contributed by atoms with van der Waals surface area (Å²) in [5, 5.41) is 2.87. The third kappa shape index (κ3) is 4.97. The Morgan fingerprint density at radius 1 is 1.00 bits per heavy atom. The second kappa shape index (κ2) is 9.60. The molecule has 8 heteroatoms. The number of carbonyl (C=O) groups is 3. The predicted molar refractivity (Wildman–Crippen MR) is 135 cm³/mol. The molecule has 2 aliphatic rings. The number of piperidine rings is 1. The number of nitrogens with zero attached hydrogens (tertiary/aromatic N) is 3. The van der Waals surface area contributed by atoms with Crippen molar-refractivity contribution in [2.75, 3.05) is 43.6 Å². The molecule has 0 unspecified atom stereocenters. The lowest BCUT2D eigenvalue weighted by atomic mass is 9.84. The summed E-state index contributed by atoms with van der Waals surface area (Å²) in [6, 6.07) is 16.9. The molecule has 0 aromatic heterocycles. The first-order valence-electron chi connectivity index (χ1n) is 12.0. The van der Waals surface area contributed by atoms with Crippen LogP contribution in [0.2, 0.25) is 0 Å². The monoisotopic (exact) mass is 478 g/mol. The molecule has 2 aromatic carbocycles. The Labute approximate surface area is 206 Å². The van der Waals surface area contributed by atoms with Gasteiger partial charge in [0.25, 0.3) is 5.91 Å². The molecule has 0 bridgehead atoms. The molecule has 2 fully saturated rings. The van der Waals surface area contributed by atoms with Gasteiger partial charge in [-0.3, -0.25) is 14.4 Å². The van der Waals surface area contributed by atoms with Crippen LogP contribution in [-0.4, -0.2) is 66.5 Å². The first-order chi connectivity index (χ1) is 16.6. The topological polar surface area (TPSA) is 82.2 Å². The highest BCUT2D eigenvalue weighted by atomic mass is 16.5. The molecule has 1 spiro atoms. The Balaban J connectivity index is 1.51. The Kier molecular flexibility index (Phi) is 6.74. The first-order valence-corrected chi connectivity index (χ1v) is 12.0. The molecule has 186 valence electrons. The number of hydrogen-bond acceptors (Lipinski definition) is 5. The van der Waals surface area contributed by atoms with Gasteiger partial charge in [-0.05, 0) is 49.2 Å². The van der Waals surface area contributed by atoms with E-state index in [-0.39, 0.29) is 24.3 Å². The quantitative estimate of drug-likeness (QED) is 0.713. The zero-order valence-corrected chi connectivity index (χ0v) is 20.9. The minimum atomic E-state index is -0.767. The second-order valence-corrected chi connectivity index (χ2v) is 10.3. The third-order valence-corrected chi connectivity index (χ3v) is 6.81. The summed E-state index contributed by atoms with van der Waals surface area (Å²) in [7, 11) is 1.59. The highest BCUT2D eigenvalue weighted by Crippen LogP contribution is 2.40. The highest BCUT2D eigenvalue weighted by Gasteiger charge is 2.54. The minimum Gasteiger partial charge on any atom is -0.497 e. The van der Waals surface area contributed by atoms with Crippen molar-refractivity contribution in [3.05, 3.63) is 54.6 Å². The van der Waals surface area contributed by atoms with E-state index in [1.54, 1.807) is 36.3 Å². The number of anilines is 2. The second-order valence-electron chi connectivity index (χ2n) is 10.3. The van der Waals surface area contributed by atoms with Crippen LogP contribution in [0.4, 0.5) is 11.4 Å². The Morgan fingerprint density at radius 2 is 1.63 bits per heavy atom. The van der Waals surface area contributed by atoms with E-state index in [1.807, 2.05) is 56.0 Å². The van der Waals surface area contributed by atoms with Crippen molar-refractivity contribution in [3.63, 3.8) is 0 Å². The molecule has 0 atom stereocenters. The van der Waals surface area contributed by atoms with Crippen molar-refractivity contribution in [1.82, 2.24) is 9.80 Å². The molecular weight excluding hydrogens is 444 g/mol. The highest BCUT2D eigenvalue weighted by molar-refractivity contribution is 5.99. The Bertz CT molecular complexity index is 1070. The zero-order valence-electron chi connectivity index (χ0n) is 20.9. The predicted octanol–water partition coefficient (Wildman–Crippen LogP) is 3.35. The molecule has 2 heterocycles. The average molecular weight is 479 g/mol. The molecule has 0 saturated carbocycles.